The first kappa shape index (κ1) is 21.5. The Morgan fingerprint density at radius 3 is 1.27 bits per heavy atom. The monoisotopic (exact) mass is 434 g/mol. The number of amides is 1. The van der Waals surface area contributed by atoms with Gasteiger partial charge in [-0.05, 0) is 6.07 Å². The normalized spacial score (nSPS) is 10.4. The lowest BCUT2D eigenvalue weighted by atomic mass is 9.93. The van der Waals surface area contributed by atoms with E-state index in [0.717, 1.165) is 0 Å². The van der Waals surface area contributed by atoms with Crippen LogP contribution in [0, 0.1) is 0 Å². The van der Waals surface area contributed by atoms with Crippen molar-refractivity contribution in [1.29, 1.82) is 0 Å². The molecule has 0 spiro atoms. The van der Waals surface area contributed by atoms with Crippen LogP contribution in [-0.2, 0) is 0 Å². The Kier molecular flexibility index (Phi) is 6.00. The van der Waals surface area contributed by atoms with Crippen LogP contribution in [0.25, 0.3) is 0 Å². The Bertz CT molecular complexity index is 1370. The molecule has 1 heterocycles. The van der Waals surface area contributed by atoms with Gasteiger partial charge in [0.25, 0.3) is 5.91 Å². The van der Waals surface area contributed by atoms with Crippen molar-refractivity contribution in [2.45, 2.75) is 0 Å². The molecule has 0 bridgehead atoms. The highest BCUT2D eigenvalue weighted by molar-refractivity contribution is 6.21. The molecule has 0 saturated heterocycles. The predicted octanol–water partition coefficient (Wildman–Crippen LogP) is 3.87. The van der Waals surface area contributed by atoms with E-state index in [1.165, 1.54) is 6.07 Å². The fourth-order valence-corrected chi connectivity index (χ4v) is 3.42. The summed E-state index contributed by atoms with van der Waals surface area (Å²) in [5.74, 6) is -2.57. The van der Waals surface area contributed by atoms with Crippen LogP contribution >= 0.6 is 0 Å². The molecule has 3 aromatic carbocycles. The zero-order chi connectivity index (χ0) is 23.4. The third-order valence-corrected chi connectivity index (χ3v) is 5.07. The van der Waals surface area contributed by atoms with Crippen molar-refractivity contribution in [3.05, 3.63) is 136 Å². The highest BCUT2D eigenvalue weighted by Gasteiger charge is 2.28. The van der Waals surface area contributed by atoms with Crippen molar-refractivity contribution in [3.8, 4) is 0 Å². The highest BCUT2D eigenvalue weighted by atomic mass is 16.2. The lowest BCUT2D eigenvalue weighted by Crippen LogP contribution is -2.23. The number of pyridine rings is 1. The van der Waals surface area contributed by atoms with E-state index in [2.05, 4.69) is 4.98 Å². The van der Waals surface area contributed by atoms with Crippen LogP contribution in [0.1, 0.15) is 58.4 Å². The SMILES string of the molecule is NC(=O)c1cc(C(=O)c2ccccc2)c(C(=O)c2ccccc2)nc1C(=O)c1ccccc1. The van der Waals surface area contributed by atoms with Gasteiger partial charge in [0.1, 0.15) is 11.4 Å². The maximum atomic E-state index is 13.4. The second-order valence-corrected chi connectivity index (χ2v) is 7.23. The van der Waals surface area contributed by atoms with Gasteiger partial charge in [0.15, 0.2) is 5.78 Å². The number of ketones is 3. The van der Waals surface area contributed by atoms with Crippen LogP contribution in [0.4, 0.5) is 0 Å². The van der Waals surface area contributed by atoms with E-state index >= 15 is 0 Å². The Labute approximate surface area is 189 Å². The predicted molar refractivity (Wildman–Crippen MR) is 122 cm³/mol. The molecule has 160 valence electrons. The van der Waals surface area contributed by atoms with E-state index in [4.69, 9.17) is 5.73 Å². The van der Waals surface area contributed by atoms with Gasteiger partial charge in [-0.15, -0.1) is 0 Å². The average molecular weight is 434 g/mol. The van der Waals surface area contributed by atoms with Crippen LogP contribution in [-0.4, -0.2) is 28.2 Å². The van der Waals surface area contributed by atoms with Crippen molar-refractivity contribution in [1.82, 2.24) is 4.98 Å². The fourth-order valence-electron chi connectivity index (χ4n) is 3.42. The van der Waals surface area contributed by atoms with Gasteiger partial charge in [-0.25, -0.2) is 4.98 Å². The van der Waals surface area contributed by atoms with Gasteiger partial charge in [-0.3, -0.25) is 19.2 Å². The summed E-state index contributed by atoms with van der Waals surface area (Å²) in [6.45, 7) is 0. The second-order valence-electron chi connectivity index (χ2n) is 7.23. The summed E-state index contributed by atoms with van der Waals surface area (Å²) in [7, 11) is 0. The van der Waals surface area contributed by atoms with Gasteiger partial charge in [-0.1, -0.05) is 91.0 Å². The minimum absolute atomic E-state index is 0.103. The molecule has 1 aromatic heterocycles. The first-order valence-corrected chi connectivity index (χ1v) is 10.1. The number of hydrogen-bond donors (Lipinski definition) is 1. The van der Waals surface area contributed by atoms with Gasteiger partial charge in [0, 0.05) is 16.7 Å². The van der Waals surface area contributed by atoms with E-state index in [9.17, 15) is 19.2 Å². The first-order valence-electron chi connectivity index (χ1n) is 10.1. The molecule has 33 heavy (non-hydrogen) atoms. The lowest BCUT2D eigenvalue weighted by Gasteiger charge is -2.13. The highest BCUT2D eigenvalue weighted by Crippen LogP contribution is 2.22. The van der Waals surface area contributed by atoms with E-state index in [1.807, 2.05) is 0 Å². The summed E-state index contributed by atoms with van der Waals surface area (Å²) in [5.41, 5.74) is 5.58. The molecule has 0 unspecified atom stereocenters. The van der Waals surface area contributed by atoms with Gasteiger partial charge < -0.3 is 5.73 Å². The number of carbonyl (C=O) groups excluding carboxylic acids is 4. The van der Waals surface area contributed by atoms with Gasteiger partial charge in [0.2, 0.25) is 11.6 Å². The van der Waals surface area contributed by atoms with E-state index in [-0.39, 0.29) is 33.6 Å². The summed E-state index contributed by atoms with van der Waals surface area (Å²) >= 11 is 0. The van der Waals surface area contributed by atoms with Crippen LogP contribution in [0.5, 0.6) is 0 Å². The quantitative estimate of drug-likeness (QED) is 0.444. The van der Waals surface area contributed by atoms with E-state index < -0.39 is 23.3 Å². The van der Waals surface area contributed by atoms with Crippen LogP contribution in [0.15, 0.2) is 97.1 Å². The zero-order valence-corrected chi connectivity index (χ0v) is 17.4. The number of primary amides is 1. The van der Waals surface area contributed by atoms with Crippen molar-refractivity contribution in [2.75, 3.05) is 0 Å². The second kappa shape index (κ2) is 9.20. The largest absolute Gasteiger partial charge is 0.366 e. The molecule has 0 saturated carbocycles. The molecule has 1 amide bonds. The molecular formula is C27H18N2O4. The lowest BCUT2D eigenvalue weighted by molar-refractivity contribution is 0.0972. The molecule has 2 N–H and O–H groups in total. The van der Waals surface area contributed by atoms with Gasteiger partial charge in [0.05, 0.1) is 11.1 Å². The minimum atomic E-state index is -0.928. The minimum Gasteiger partial charge on any atom is -0.366 e. The third-order valence-electron chi connectivity index (χ3n) is 5.07. The Balaban J connectivity index is 1.96. The maximum absolute atomic E-state index is 13.4. The Hall–Kier alpha value is -4.71. The summed E-state index contributed by atoms with van der Waals surface area (Å²) < 4.78 is 0. The molecule has 4 aromatic rings. The van der Waals surface area contributed by atoms with E-state index in [1.54, 1.807) is 91.0 Å². The fraction of sp³-hybridized carbons (Fsp3) is 0. The molecule has 0 aliphatic carbocycles. The first-order chi connectivity index (χ1) is 16.0. The summed E-state index contributed by atoms with van der Waals surface area (Å²) in [6.07, 6.45) is 0. The third kappa shape index (κ3) is 4.36. The topological polar surface area (TPSA) is 107 Å². The van der Waals surface area contributed by atoms with Crippen LogP contribution in [0.3, 0.4) is 0 Å². The maximum Gasteiger partial charge on any atom is 0.251 e. The average Bonchev–Trinajstić information content (AvgIpc) is 2.88. The summed E-state index contributed by atoms with van der Waals surface area (Å²) in [4.78, 5) is 56.3. The number of nitrogens with two attached hydrogens (primary N) is 1. The van der Waals surface area contributed by atoms with Gasteiger partial charge >= 0.3 is 0 Å². The van der Waals surface area contributed by atoms with Crippen molar-refractivity contribution < 1.29 is 19.2 Å². The molecule has 4 rings (SSSR count). The molecule has 0 fully saturated rings. The number of nitrogens with zero attached hydrogens (tertiary/aromatic N) is 1. The molecule has 0 radical (unpaired) electrons. The van der Waals surface area contributed by atoms with Crippen LogP contribution in [0.2, 0.25) is 0 Å². The molecule has 0 aliphatic rings. The van der Waals surface area contributed by atoms with Crippen molar-refractivity contribution >= 4 is 23.3 Å². The molecule has 0 atom stereocenters. The number of rotatable bonds is 7. The number of benzene rings is 3. The van der Waals surface area contributed by atoms with Crippen LogP contribution < -0.4 is 5.73 Å². The summed E-state index contributed by atoms with van der Waals surface area (Å²) in [5, 5.41) is 0. The van der Waals surface area contributed by atoms with Crippen molar-refractivity contribution in [2.24, 2.45) is 5.73 Å². The van der Waals surface area contributed by atoms with Crippen molar-refractivity contribution in [3.63, 3.8) is 0 Å². The molecule has 0 aliphatic heterocycles. The zero-order valence-electron chi connectivity index (χ0n) is 17.4. The molecule has 6 nitrogen and oxygen atoms in total. The standard InChI is InChI=1S/C27H18N2O4/c28-27(33)21-16-20(24(30)17-10-4-1-5-11-17)22(25(31)18-12-6-2-7-13-18)29-23(21)26(32)19-14-8-3-9-15-19/h1-16H,(H2,28,33). The number of aromatic nitrogens is 1. The molecular weight excluding hydrogens is 416 g/mol. The number of carbonyl (C=O) groups is 4. The number of hydrogen-bond acceptors (Lipinski definition) is 5. The smallest absolute Gasteiger partial charge is 0.251 e. The Morgan fingerprint density at radius 1 is 0.515 bits per heavy atom. The molecule has 6 heteroatoms. The summed E-state index contributed by atoms with van der Waals surface area (Å²) in [6, 6.07) is 26.0. The van der Waals surface area contributed by atoms with E-state index in [0.29, 0.717) is 5.56 Å². The Morgan fingerprint density at radius 2 is 0.879 bits per heavy atom. The van der Waals surface area contributed by atoms with Gasteiger partial charge in [-0.2, -0.15) is 0 Å².